The average Bonchev–Trinajstić information content (AvgIpc) is 2.27. The number of hydrogen-bond acceptors (Lipinski definition) is 4. The Morgan fingerprint density at radius 1 is 1.69 bits per heavy atom. The van der Waals surface area contributed by atoms with Crippen molar-refractivity contribution >= 4 is 17.6 Å². The van der Waals surface area contributed by atoms with Crippen LogP contribution in [0, 0.1) is 0 Å². The minimum absolute atomic E-state index is 0.167. The third kappa shape index (κ3) is 3.79. The van der Waals surface area contributed by atoms with E-state index in [1.807, 2.05) is 0 Å². The summed E-state index contributed by atoms with van der Waals surface area (Å²) in [5.74, 6) is -0.318. The molecule has 0 aromatic carbocycles. The van der Waals surface area contributed by atoms with E-state index in [0.717, 1.165) is 0 Å². The smallest absolute Gasteiger partial charge is 0.305 e. The van der Waals surface area contributed by atoms with Gasteiger partial charge in [0.25, 0.3) is 0 Å². The molecule has 0 bridgehead atoms. The van der Waals surface area contributed by atoms with Crippen molar-refractivity contribution in [3.8, 4) is 0 Å². The highest BCUT2D eigenvalue weighted by molar-refractivity contribution is 6.30. The van der Waals surface area contributed by atoms with Gasteiger partial charge in [-0.3, -0.25) is 4.79 Å². The molecule has 0 spiro atoms. The van der Waals surface area contributed by atoms with Crippen molar-refractivity contribution in [1.29, 1.82) is 0 Å². The molecule has 0 saturated carbocycles. The molecule has 0 amide bonds. The Balaban J connectivity index is 2.50. The number of esters is 1. The Kier molecular flexibility index (Phi) is 5.22. The highest BCUT2D eigenvalue weighted by Crippen LogP contribution is 2.23. The summed E-state index contributed by atoms with van der Waals surface area (Å²) in [6, 6.07) is 3.37. The third-order valence-electron chi connectivity index (χ3n) is 2.07. The zero-order chi connectivity index (χ0) is 12.0. The van der Waals surface area contributed by atoms with E-state index in [2.05, 4.69) is 4.98 Å². The Bertz CT molecular complexity index is 357. The molecule has 0 fully saturated rings. The van der Waals surface area contributed by atoms with Crippen LogP contribution in [-0.2, 0) is 9.53 Å². The number of hydrogen-bond donors (Lipinski definition) is 1. The van der Waals surface area contributed by atoms with Crippen LogP contribution in [0.5, 0.6) is 0 Å². The van der Waals surface area contributed by atoms with Gasteiger partial charge < -0.3 is 9.84 Å². The molecule has 1 rings (SSSR count). The molecular formula is C11H14ClNO3. The van der Waals surface area contributed by atoms with Gasteiger partial charge in [-0.15, -0.1) is 0 Å². The van der Waals surface area contributed by atoms with E-state index < -0.39 is 6.10 Å². The summed E-state index contributed by atoms with van der Waals surface area (Å²) in [5.41, 5.74) is 0.536. The average molecular weight is 244 g/mol. The van der Waals surface area contributed by atoms with E-state index >= 15 is 0 Å². The summed E-state index contributed by atoms with van der Waals surface area (Å²) in [6.07, 6.45) is 1.21. The quantitative estimate of drug-likeness (QED) is 0.636. The number of halogens is 1. The fourth-order valence-corrected chi connectivity index (χ4v) is 1.54. The lowest BCUT2D eigenvalue weighted by Gasteiger charge is -2.11. The first kappa shape index (κ1) is 12.9. The largest absolute Gasteiger partial charge is 0.466 e. The Labute approximate surface area is 99.2 Å². The fraction of sp³-hybridized carbons (Fsp3) is 0.455. The van der Waals surface area contributed by atoms with E-state index in [-0.39, 0.29) is 24.0 Å². The van der Waals surface area contributed by atoms with Crippen LogP contribution < -0.4 is 0 Å². The topological polar surface area (TPSA) is 59.4 Å². The number of aliphatic hydroxyl groups is 1. The lowest BCUT2D eigenvalue weighted by molar-refractivity contribution is -0.143. The standard InChI is InChI=1S/C11H14ClNO3/c1-2-16-10(15)6-5-9(14)8-4-3-7-13-11(8)12/h3-4,7,9,14H,2,5-6H2,1H3. The van der Waals surface area contributed by atoms with Gasteiger partial charge in [0, 0.05) is 18.2 Å². The van der Waals surface area contributed by atoms with Crippen molar-refractivity contribution in [2.24, 2.45) is 0 Å². The van der Waals surface area contributed by atoms with Crippen LogP contribution in [0.3, 0.4) is 0 Å². The monoisotopic (exact) mass is 243 g/mol. The zero-order valence-electron chi connectivity index (χ0n) is 9.02. The van der Waals surface area contributed by atoms with Crippen molar-refractivity contribution < 1.29 is 14.6 Å². The third-order valence-corrected chi connectivity index (χ3v) is 2.39. The zero-order valence-corrected chi connectivity index (χ0v) is 9.78. The van der Waals surface area contributed by atoms with Gasteiger partial charge in [-0.2, -0.15) is 0 Å². The molecule has 1 aromatic heterocycles. The second-order valence-corrected chi connectivity index (χ2v) is 3.60. The van der Waals surface area contributed by atoms with Crippen LogP contribution >= 0.6 is 11.6 Å². The van der Waals surface area contributed by atoms with Crippen LogP contribution in [0.25, 0.3) is 0 Å². The summed E-state index contributed by atoms with van der Waals surface area (Å²) >= 11 is 5.81. The Morgan fingerprint density at radius 2 is 2.44 bits per heavy atom. The van der Waals surface area contributed by atoms with Crippen LogP contribution in [0.4, 0.5) is 0 Å². The van der Waals surface area contributed by atoms with Crippen molar-refractivity contribution in [1.82, 2.24) is 4.98 Å². The number of aliphatic hydroxyl groups excluding tert-OH is 1. The summed E-state index contributed by atoms with van der Waals surface area (Å²) in [5, 5.41) is 10.0. The lowest BCUT2D eigenvalue weighted by atomic mass is 10.1. The number of pyridine rings is 1. The molecule has 0 aliphatic rings. The normalized spacial score (nSPS) is 12.2. The first-order valence-electron chi connectivity index (χ1n) is 5.09. The molecule has 1 heterocycles. The van der Waals surface area contributed by atoms with Crippen molar-refractivity contribution in [3.05, 3.63) is 29.0 Å². The number of aromatic nitrogens is 1. The molecule has 0 radical (unpaired) electrons. The molecule has 16 heavy (non-hydrogen) atoms. The molecule has 1 unspecified atom stereocenters. The predicted molar refractivity (Wildman–Crippen MR) is 60.1 cm³/mol. The van der Waals surface area contributed by atoms with E-state index in [1.54, 1.807) is 25.3 Å². The number of nitrogens with zero attached hydrogens (tertiary/aromatic N) is 1. The number of rotatable bonds is 5. The van der Waals surface area contributed by atoms with Gasteiger partial charge in [0.2, 0.25) is 0 Å². The number of carbonyl (C=O) groups excluding carboxylic acids is 1. The van der Waals surface area contributed by atoms with E-state index in [0.29, 0.717) is 12.2 Å². The predicted octanol–water partition coefficient (Wildman–Crippen LogP) is 2.11. The van der Waals surface area contributed by atoms with Gasteiger partial charge in [-0.1, -0.05) is 17.7 Å². The molecule has 0 saturated heterocycles. The molecular weight excluding hydrogens is 230 g/mol. The van der Waals surface area contributed by atoms with Crippen molar-refractivity contribution in [2.45, 2.75) is 25.9 Å². The van der Waals surface area contributed by atoms with E-state index in [9.17, 15) is 9.90 Å². The van der Waals surface area contributed by atoms with Crippen molar-refractivity contribution in [2.75, 3.05) is 6.61 Å². The van der Waals surface area contributed by atoms with Crippen molar-refractivity contribution in [3.63, 3.8) is 0 Å². The summed E-state index contributed by atoms with van der Waals surface area (Å²) in [7, 11) is 0. The van der Waals surface area contributed by atoms with E-state index in [4.69, 9.17) is 16.3 Å². The highest BCUT2D eigenvalue weighted by atomic mass is 35.5. The van der Waals surface area contributed by atoms with Gasteiger partial charge in [0.1, 0.15) is 5.15 Å². The number of carbonyl (C=O) groups is 1. The summed E-state index contributed by atoms with van der Waals surface area (Å²) < 4.78 is 4.76. The lowest BCUT2D eigenvalue weighted by Crippen LogP contribution is -2.07. The van der Waals surface area contributed by atoms with Gasteiger partial charge in [0.05, 0.1) is 12.7 Å². The van der Waals surface area contributed by atoms with Crippen LogP contribution in [0.15, 0.2) is 18.3 Å². The fourth-order valence-electron chi connectivity index (χ4n) is 1.29. The summed E-state index contributed by atoms with van der Waals surface area (Å²) in [4.78, 5) is 14.9. The minimum Gasteiger partial charge on any atom is -0.466 e. The second kappa shape index (κ2) is 6.45. The summed E-state index contributed by atoms with van der Waals surface area (Å²) in [6.45, 7) is 2.09. The molecule has 1 atom stereocenters. The molecule has 0 aliphatic heterocycles. The molecule has 1 aromatic rings. The first-order valence-corrected chi connectivity index (χ1v) is 5.47. The van der Waals surface area contributed by atoms with Crippen LogP contribution in [0.2, 0.25) is 5.15 Å². The SMILES string of the molecule is CCOC(=O)CCC(O)c1cccnc1Cl. The van der Waals surface area contributed by atoms with E-state index in [1.165, 1.54) is 0 Å². The molecule has 4 nitrogen and oxygen atoms in total. The maximum Gasteiger partial charge on any atom is 0.305 e. The maximum absolute atomic E-state index is 11.1. The van der Waals surface area contributed by atoms with Gasteiger partial charge >= 0.3 is 5.97 Å². The van der Waals surface area contributed by atoms with Gasteiger partial charge in [-0.05, 0) is 19.4 Å². The Morgan fingerprint density at radius 3 is 3.06 bits per heavy atom. The van der Waals surface area contributed by atoms with Gasteiger partial charge in [0.15, 0.2) is 0 Å². The maximum atomic E-state index is 11.1. The van der Waals surface area contributed by atoms with Gasteiger partial charge in [-0.25, -0.2) is 4.98 Å². The highest BCUT2D eigenvalue weighted by Gasteiger charge is 2.14. The molecule has 5 heteroatoms. The Hall–Kier alpha value is -1.13. The first-order chi connectivity index (χ1) is 7.65. The second-order valence-electron chi connectivity index (χ2n) is 3.24. The number of ether oxygens (including phenoxy) is 1. The van der Waals surface area contributed by atoms with Crippen LogP contribution in [-0.4, -0.2) is 22.7 Å². The molecule has 0 aliphatic carbocycles. The molecule has 1 N–H and O–H groups in total. The minimum atomic E-state index is -0.786. The van der Waals surface area contributed by atoms with Crippen LogP contribution in [0.1, 0.15) is 31.4 Å². The molecule has 88 valence electrons.